The molecule has 80 valence electrons. The van der Waals surface area contributed by atoms with E-state index in [1.165, 1.54) is 48.2 Å². The second-order valence-corrected chi connectivity index (χ2v) is 4.72. The van der Waals surface area contributed by atoms with Crippen molar-refractivity contribution < 1.29 is 0 Å². The smallest absolute Gasteiger partial charge is 0.0467 e. The standard InChI is InChI=1S/C13H18N2/c1-9-10-4-2-3-5-12(10)15-13-6-7-14-8-11(9)13/h14H,2-8H2,1H3. The Bertz CT molecular complexity index is 362. The Balaban J connectivity index is 2.16. The van der Waals surface area contributed by atoms with Gasteiger partial charge in [0, 0.05) is 30.9 Å². The summed E-state index contributed by atoms with van der Waals surface area (Å²) >= 11 is 0. The molecule has 0 fully saturated rings. The van der Waals surface area contributed by atoms with Crippen molar-refractivity contribution in [3.8, 4) is 0 Å². The van der Waals surface area contributed by atoms with E-state index in [9.17, 15) is 0 Å². The third kappa shape index (κ3) is 1.48. The van der Waals surface area contributed by atoms with Crippen molar-refractivity contribution in [1.29, 1.82) is 0 Å². The Morgan fingerprint density at radius 2 is 1.80 bits per heavy atom. The summed E-state index contributed by atoms with van der Waals surface area (Å²) in [6.45, 7) is 4.41. The van der Waals surface area contributed by atoms with Crippen molar-refractivity contribution in [2.75, 3.05) is 6.54 Å². The molecule has 1 N–H and O–H groups in total. The van der Waals surface area contributed by atoms with E-state index in [-0.39, 0.29) is 0 Å². The van der Waals surface area contributed by atoms with Crippen molar-refractivity contribution in [3.63, 3.8) is 0 Å². The maximum atomic E-state index is 4.87. The summed E-state index contributed by atoms with van der Waals surface area (Å²) in [6, 6.07) is 0. The fourth-order valence-corrected chi connectivity index (χ4v) is 2.91. The molecule has 0 amide bonds. The van der Waals surface area contributed by atoms with E-state index in [1.807, 2.05) is 0 Å². The van der Waals surface area contributed by atoms with E-state index in [0.717, 1.165) is 19.5 Å². The van der Waals surface area contributed by atoms with Gasteiger partial charge in [-0.25, -0.2) is 0 Å². The van der Waals surface area contributed by atoms with E-state index in [1.54, 1.807) is 5.56 Å². The highest BCUT2D eigenvalue weighted by molar-refractivity contribution is 5.41. The molecule has 2 heterocycles. The van der Waals surface area contributed by atoms with Gasteiger partial charge in [0.15, 0.2) is 0 Å². The predicted octanol–water partition coefficient (Wildman–Crippen LogP) is 1.91. The second-order valence-electron chi connectivity index (χ2n) is 4.72. The highest BCUT2D eigenvalue weighted by atomic mass is 14.9. The zero-order chi connectivity index (χ0) is 10.3. The van der Waals surface area contributed by atoms with Crippen molar-refractivity contribution >= 4 is 0 Å². The van der Waals surface area contributed by atoms with Crippen LogP contribution in [0.15, 0.2) is 0 Å². The van der Waals surface area contributed by atoms with Gasteiger partial charge in [0.1, 0.15) is 0 Å². The van der Waals surface area contributed by atoms with Crippen LogP contribution < -0.4 is 5.32 Å². The Kier molecular flexibility index (Phi) is 2.24. The van der Waals surface area contributed by atoms with Gasteiger partial charge >= 0.3 is 0 Å². The minimum absolute atomic E-state index is 1.03. The molecule has 1 aromatic heterocycles. The largest absolute Gasteiger partial charge is 0.312 e. The Hall–Kier alpha value is -0.890. The van der Waals surface area contributed by atoms with Gasteiger partial charge in [-0.3, -0.25) is 4.98 Å². The molecule has 15 heavy (non-hydrogen) atoms. The molecule has 0 unspecified atom stereocenters. The molecule has 2 aliphatic rings. The molecule has 2 nitrogen and oxygen atoms in total. The first kappa shape index (κ1) is 9.34. The number of nitrogens with zero attached hydrogens (tertiary/aromatic N) is 1. The maximum Gasteiger partial charge on any atom is 0.0467 e. The summed E-state index contributed by atoms with van der Waals surface area (Å²) in [5, 5.41) is 3.45. The normalized spacial score (nSPS) is 19.5. The highest BCUT2D eigenvalue weighted by Gasteiger charge is 2.20. The van der Waals surface area contributed by atoms with Crippen molar-refractivity contribution in [2.45, 2.75) is 45.6 Å². The molecule has 0 atom stereocenters. The molecule has 0 saturated carbocycles. The molecule has 1 aliphatic carbocycles. The Labute approximate surface area is 91.1 Å². The van der Waals surface area contributed by atoms with E-state index >= 15 is 0 Å². The number of fused-ring (bicyclic) bond motifs is 2. The first-order valence-electron chi connectivity index (χ1n) is 6.07. The molecule has 3 rings (SSSR count). The first-order valence-corrected chi connectivity index (χ1v) is 6.07. The van der Waals surface area contributed by atoms with Crippen LogP contribution in [0, 0.1) is 6.92 Å². The molecule has 2 heteroatoms. The van der Waals surface area contributed by atoms with Gasteiger partial charge in [-0.1, -0.05) is 0 Å². The molecule has 0 aromatic carbocycles. The number of hydrogen-bond acceptors (Lipinski definition) is 2. The predicted molar refractivity (Wildman–Crippen MR) is 61.0 cm³/mol. The second kappa shape index (κ2) is 3.60. The van der Waals surface area contributed by atoms with Crippen LogP contribution >= 0.6 is 0 Å². The third-order valence-corrected chi connectivity index (χ3v) is 3.80. The quantitative estimate of drug-likeness (QED) is 0.695. The van der Waals surface area contributed by atoms with Crippen molar-refractivity contribution in [2.24, 2.45) is 0 Å². The lowest BCUT2D eigenvalue weighted by Crippen LogP contribution is -2.27. The fraction of sp³-hybridized carbons (Fsp3) is 0.615. The number of pyridine rings is 1. The Morgan fingerprint density at radius 3 is 2.73 bits per heavy atom. The van der Waals surface area contributed by atoms with Crippen LogP contribution in [0.2, 0.25) is 0 Å². The summed E-state index contributed by atoms with van der Waals surface area (Å²) in [5.74, 6) is 0. The topological polar surface area (TPSA) is 24.9 Å². The molecule has 0 bridgehead atoms. The molecule has 0 radical (unpaired) electrons. The molecule has 1 aliphatic heterocycles. The number of nitrogens with one attached hydrogen (secondary N) is 1. The highest BCUT2D eigenvalue weighted by Crippen LogP contribution is 2.28. The average Bonchev–Trinajstić information content (AvgIpc) is 2.30. The first-order chi connectivity index (χ1) is 7.36. The summed E-state index contributed by atoms with van der Waals surface area (Å²) in [7, 11) is 0. The lowest BCUT2D eigenvalue weighted by atomic mass is 9.88. The number of rotatable bonds is 0. The third-order valence-electron chi connectivity index (χ3n) is 3.80. The lowest BCUT2D eigenvalue weighted by molar-refractivity contribution is 0.601. The van der Waals surface area contributed by atoms with E-state index in [4.69, 9.17) is 4.98 Å². The average molecular weight is 202 g/mol. The molecular formula is C13H18N2. The summed E-state index contributed by atoms with van der Waals surface area (Å²) in [4.78, 5) is 4.87. The number of hydrogen-bond donors (Lipinski definition) is 1. The van der Waals surface area contributed by atoms with E-state index in [2.05, 4.69) is 12.2 Å². The van der Waals surface area contributed by atoms with Crippen molar-refractivity contribution in [1.82, 2.24) is 10.3 Å². The van der Waals surface area contributed by atoms with E-state index in [0.29, 0.717) is 0 Å². The number of aryl methyl sites for hydroxylation is 1. The summed E-state index contributed by atoms with van der Waals surface area (Å²) in [6.07, 6.45) is 6.25. The molecule has 1 aromatic rings. The fourth-order valence-electron chi connectivity index (χ4n) is 2.91. The molecular weight excluding hydrogens is 184 g/mol. The number of aromatic nitrogens is 1. The molecule has 0 spiro atoms. The SMILES string of the molecule is Cc1c2c(nc3c1CNCC3)CCCC2. The van der Waals surface area contributed by atoms with Crippen LogP contribution in [0.1, 0.15) is 40.9 Å². The Morgan fingerprint density at radius 1 is 1.00 bits per heavy atom. The van der Waals surface area contributed by atoms with Gasteiger partial charge in [0.25, 0.3) is 0 Å². The van der Waals surface area contributed by atoms with Gasteiger partial charge in [-0.05, 0) is 49.3 Å². The van der Waals surface area contributed by atoms with E-state index < -0.39 is 0 Å². The lowest BCUT2D eigenvalue weighted by Gasteiger charge is -2.25. The van der Waals surface area contributed by atoms with Crippen LogP contribution in [0.5, 0.6) is 0 Å². The minimum atomic E-state index is 1.03. The minimum Gasteiger partial charge on any atom is -0.312 e. The molecule has 0 saturated heterocycles. The van der Waals surface area contributed by atoms with Gasteiger partial charge in [0.2, 0.25) is 0 Å². The van der Waals surface area contributed by atoms with Gasteiger partial charge in [0.05, 0.1) is 0 Å². The van der Waals surface area contributed by atoms with Gasteiger partial charge in [-0.2, -0.15) is 0 Å². The van der Waals surface area contributed by atoms with Crippen LogP contribution in [-0.4, -0.2) is 11.5 Å². The zero-order valence-electron chi connectivity index (χ0n) is 9.40. The van der Waals surface area contributed by atoms with Crippen molar-refractivity contribution in [3.05, 3.63) is 28.1 Å². The van der Waals surface area contributed by atoms with Crippen LogP contribution in [0.3, 0.4) is 0 Å². The van der Waals surface area contributed by atoms with Gasteiger partial charge in [-0.15, -0.1) is 0 Å². The summed E-state index contributed by atoms with van der Waals surface area (Å²) < 4.78 is 0. The summed E-state index contributed by atoms with van der Waals surface area (Å²) in [5.41, 5.74) is 7.35. The maximum absolute atomic E-state index is 4.87. The van der Waals surface area contributed by atoms with Crippen LogP contribution in [0.25, 0.3) is 0 Å². The van der Waals surface area contributed by atoms with Crippen LogP contribution in [-0.2, 0) is 25.8 Å². The van der Waals surface area contributed by atoms with Crippen LogP contribution in [0.4, 0.5) is 0 Å². The zero-order valence-corrected chi connectivity index (χ0v) is 9.40. The van der Waals surface area contributed by atoms with Gasteiger partial charge < -0.3 is 5.32 Å². The monoisotopic (exact) mass is 202 g/mol.